The Bertz CT molecular complexity index is 672. The van der Waals surface area contributed by atoms with Crippen molar-refractivity contribution in [1.82, 2.24) is 0 Å². The van der Waals surface area contributed by atoms with Crippen molar-refractivity contribution in [2.45, 2.75) is 39.0 Å². The fourth-order valence-corrected chi connectivity index (χ4v) is 2.60. The molecule has 0 aliphatic heterocycles. The van der Waals surface area contributed by atoms with Crippen molar-refractivity contribution in [3.05, 3.63) is 70.8 Å². The Morgan fingerprint density at radius 2 is 1.52 bits per heavy atom. The summed E-state index contributed by atoms with van der Waals surface area (Å²) in [7, 11) is 0. The topological polar surface area (TPSA) is 54.4 Å². The lowest BCUT2D eigenvalue weighted by Gasteiger charge is -2.06. The Kier molecular flexibility index (Phi) is 6.10. The van der Waals surface area contributed by atoms with Gasteiger partial charge in [-0.05, 0) is 24.5 Å². The van der Waals surface area contributed by atoms with Gasteiger partial charge in [0.25, 0.3) is 0 Å². The van der Waals surface area contributed by atoms with E-state index in [1.165, 1.54) is 30.9 Å². The molecule has 0 heterocycles. The van der Waals surface area contributed by atoms with E-state index in [1.54, 1.807) is 30.3 Å². The molecule has 0 saturated carbocycles. The van der Waals surface area contributed by atoms with E-state index in [0.717, 1.165) is 12.8 Å². The highest BCUT2D eigenvalue weighted by Crippen LogP contribution is 2.16. The molecule has 0 fully saturated rings. The third-order valence-electron chi connectivity index (χ3n) is 3.94. The minimum Gasteiger partial charge on any atom is -0.478 e. The summed E-state index contributed by atoms with van der Waals surface area (Å²) in [5.41, 5.74) is 2.01. The maximum Gasteiger partial charge on any atom is 0.336 e. The van der Waals surface area contributed by atoms with Crippen LogP contribution < -0.4 is 0 Å². The SMILES string of the molecule is CCCCCCc1ccc(C(=O)c2ccccc2C(=O)O)cc1. The van der Waals surface area contributed by atoms with Gasteiger partial charge < -0.3 is 5.11 Å². The number of carbonyl (C=O) groups is 2. The van der Waals surface area contributed by atoms with Crippen LogP contribution in [0.3, 0.4) is 0 Å². The molecule has 0 aliphatic rings. The standard InChI is InChI=1S/C20H22O3/c1-2-3-4-5-8-15-11-13-16(14-12-15)19(21)17-9-6-7-10-18(17)20(22)23/h6-7,9-14H,2-5,8H2,1H3,(H,22,23). The van der Waals surface area contributed by atoms with Gasteiger partial charge in [0, 0.05) is 11.1 Å². The van der Waals surface area contributed by atoms with Crippen LogP contribution in [0.5, 0.6) is 0 Å². The van der Waals surface area contributed by atoms with Crippen LogP contribution >= 0.6 is 0 Å². The van der Waals surface area contributed by atoms with E-state index in [0.29, 0.717) is 5.56 Å². The number of carboxylic acids is 1. The fourth-order valence-electron chi connectivity index (χ4n) is 2.60. The summed E-state index contributed by atoms with van der Waals surface area (Å²) in [6.45, 7) is 2.19. The molecule has 0 aliphatic carbocycles. The number of hydrogen-bond acceptors (Lipinski definition) is 2. The molecule has 0 aromatic heterocycles. The fraction of sp³-hybridized carbons (Fsp3) is 0.300. The van der Waals surface area contributed by atoms with Crippen molar-refractivity contribution in [2.75, 3.05) is 0 Å². The maximum atomic E-state index is 12.5. The first-order valence-electron chi connectivity index (χ1n) is 8.09. The first kappa shape index (κ1) is 16.9. The van der Waals surface area contributed by atoms with E-state index in [1.807, 2.05) is 12.1 Å². The van der Waals surface area contributed by atoms with Gasteiger partial charge in [0.15, 0.2) is 5.78 Å². The van der Waals surface area contributed by atoms with Crippen LogP contribution in [0.15, 0.2) is 48.5 Å². The largest absolute Gasteiger partial charge is 0.478 e. The second kappa shape index (κ2) is 8.28. The molecule has 0 unspecified atom stereocenters. The average Bonchev–Trinajstić information content (AvgIpc) is 2.58. The van der Waals surface area contributed by atoms with E-state index in [2.05, 4.69) is 6.92 Å². The second-order valence-corrected chi connectivity index (χ2v) is 5.69. The highest BCUT2D eigenvalue weighted by atomic mass is 16.4. The van der Waals surface area contributed by atoms with Gasteiger partial charge in [-0.15, -0.1) is 0 Å². The molecule has 23 heavy (non-hydrogen) atoms. The molecular weight excluding hydrogens is 288 g/mol. The molecule has 3 nitrogen and oxygen atoms in total. The molecule has 0 saturated heterocycles. The minimum atomic E-state index is -1.08. The zero-order valence-electron chi connectivity index (χ0n) is 13.4. The van der Waals surface area contributed by atoms with E-state index >= 15 is 0 Å². The van der Waals surface area contributed by atoms with Gasteiger partial charge in [0.1, 0.15) is 0 Å². The zero-order chi connectivity index (χ0) is 16.7. The Labute approximate surface area is 137 Å². The van der Waals surface area contributed by atoms with Crippen molar-refractivity contribution >= 4 is 11.8 Å². The molecule has 0 amide bonds. The molecule has 0 atom stereocenters. The Balaban J connectivity index is 2.10. The van der Waals surface area contributed by atoms with Crippen molar-refractivity contribution in [3.63, 3.8) is 0 Å². The quantitative estimate of drug-likeness (QED) is 0.566. The van der Waals surface area contributed by atoms with Gasteiger partial charge in [-0.25, -0.2) is 4.79 Å². The van der Waals surface area contributed by atoms with Crippen molar-refractivity contribution in [1.29, 1.82) is 0 Å². The lowest BCUT2D eigenvalue weighted by atomic mass is 9.97. The van der Waals surface area contributed by atoms with Gasteiger partial charge in [-0.1, -0.05) is 68.7 Å². The van der Waals surface area contributed by atoms with Crippen molar-refractivity contribution < 1.29 is 14.7 Å². The normalized spacial score (nSPS) is 10.5. The number of unbranched alkanes of at least 4 members (excludes halogenated alkanes) is 3. The number of aromatic carboxylic acids is 1. The van der Waals surface area contributed by atoms with Gasteiger partial charge in [-0.2, -0.15) is 0 Å². The second-order valence-electron chi connectivity index (χ2n) is 5.69. The third kappa shape index (κ3) is 4.52. The Hall–Kier alpha value is -2.42. The molecule has 120 valence electrons. The van der Waals surface area contributed by atoms with Crippen LogP contribution in [0.4, 0.5) is 0 Å². The predicted octanol–water partition coefficient (Wildman–Crippen LogP) is 4.74. The average molecular weight is 310 g/mol. The minimum absolute atomic E-state index is 0.0427. The third-order valence-corrected chi connectivity index (χ3v) is 3.94. The van der Waals surface area contributed by atoms with E-state index in [9.17, 15) is 14.7 Å². The summed E-state index contributed by atoms with van der Waals surface area (Å²) in [4.78, 5) is 23.7. The zero-order valence-corrected chi connectivity index (χ0v) is 13.4. The summed E-state index contributed by atoms with van der Waals surface area (Å²) in [6.07, 6.45) is 5.87. The number of benzene rings is 2. The smallest absolute Gasteiger partial charge is 0.336 e. The van der Waals surface area contributed by atoms with E-state index in [-0.39, 0.29) is 16.9 Å². The summed E-state index contributed by atoms with van der Waals surface area (Å²) in [5, 5.41) is 9.19. The van der Waals surface area contributed by atoms with Crippen LogP contribution in [-0.2, 0) is 6.42 Å². The lowest BCUT2D eigenvalue weighted by molar-refractivity contribution is 0.0693. The number of carboxylic acid groups (broad SMARTS) is 1. The molecule has 3 heteroatoms. The molecule has 2 aromatic rings. The first-order chi connectivity index (χ1) is 11.1. The number of carbonyl (C=O) groups excluding carboxylic acids is 1. The summed E-state index contributed by atoms with van der Waals surface area (Å²) in [5.74, 6) is -1.33. The highest BCUT2D eigenvalue weighted by Gasteiger charge is 2.17. The summed E-state index contributed by atoms with van der Waals surface area (Å²) < 4.78 is 0. The van der Waals surface area contributed by atoms with Gasteiger partial charge >= 0.3 is 5.97 Å². The predicted molar refractivity (Wildman–Crippen MR) is 91.1 cm³/mol. The Morgan fingerprint density at radius 3 is 2.13 bits per heavy atom. The van der Waals surface area contributed by atoms with Gasteiger partial charge in [0.05, 0.1) is 5.56 Å². The van der Waals surface area contributed by atoms with E-state index < -0.39 is 5.97 Å². The van der Waals surface area contributed by atoms with Crippen LogP contribution in [0, 0.1) is 0 Å². The molecule has 0 bridgehead atoms. The molecule has 0 spiro atoms. The number of hydrogen-bond donors (Lipinski definition) is 1. The highest BCUT2D eigenvalue weighted by molar-refractivity contribution is 6.14. The van der Waals surface area contributed by atoms with Crippen molar-refractivity contribution in [2.24, 2.45) is 0 Å². The van der Waals surface area contributed by atoms with Crippen LogP contribution in [-0.4, -0.2) is 16.9 Å². The number of ketones is 1. The van der Waals surface area contributed by atoms with Crippen molar-refractivity contribution in [3.8, 4) is 0 Å². The number of rotatable bonds is 8. The maximum absolute atomic E-state index is 12.5. The Morgan fingerprint density at radius 1 is 0.870 bits per heavy atom. The van der Waals surface area contributed by atoms with Gasteiger partial charge in [-0.3, -0.25) is 4.79 Å². The number of aryl methyl sites for hydroxylation is 1. The summed E-state index contributed by atoms with van der Waals surface area (Å²) in [6, 6.07) is 13.8. The van der Waals surface area contributed by atoms with E-state index in [4.69, 9.17) is 0 Å². The lowest BCUT2D eigenvalue weighted by Crippen LogP contribution is -2.09. The monoisotopic (exact) mass is 310 g/mol. The molecular formula is C20H22O3. The van der Waals surface area contributed by atoms with Gasteiger partial charge in [0.2, 0.25) is 0 Å². The summed E-state index contributed by atoms with van der Waals surface area (Å²) >= 11 is 0. The first-order valence-corrected chi connectivity index (χ1v) is 8.09. The molecule has 1 N–H and O–H groups in total. The molecule has 0 radical (unpaired) electrons. The van der Waals surface area contributed by atoms with Crippen LogP contribution in [0.1, 0.15) is 64.4 Å². The van der Waals surface area contributed by atoms with Crippen LogP contribution in [0.25, 0.3) is 0 Å². The molecule has 2 rings (SSSR count). The van der Waals surface area contributed by atoms with Crippen LogP contribution in [0.2, 0.25) is 0 Å². The molecule has 2 aromatic carbocycles.